The molecule has 0 bridgehead atoms. The van der Waals surface area contributed by atoms with Crippen molar-refractivity contribution in [2.24, 2.45) is 0 Å². The molecule has 2 aromatic rings. The Kier molecular flexibility index (Phi) is 7.51. The first-order valence-corrected chi connectivity index (χ1v) is 10.9. The largest absolute Gasteiger partial charge is 0.444 e. The van der Waals surface area contributed by atoms with Gasteiger partial charge in [0.2, 0.25) is 5.91 Å². The van der Waals surface area contributed by atoms with Crippen LogP contribution < -0.4 is 5.32 Å². The van der Waals surface area contributed by atoms with E-state index in [2.05, 4.69) is 5.32 Å². The summed E-state index contributed by atoms with van der Waals surface area (Å²) < 4.78 is 5.16. The molecule has 1 saturated heterocycles. The molecule has 0 radical (unpaired) electrons. The quantitative estimate of drug-likeness (QED) is 0.776. The fourth-order valence-corrected chi connectivity index (χ4v) is 3.52. The zero-order valence-electron chi connectivity index (χ0n) is 19.0. The van der Waals surface area contributed by atoms with Gasteiger partial charge in [0.05, 0.1) is 0 Å². The zero-order valence-corrected chi connectivity index (χ0v) is 19.0. The number of ether oxygens (including phenoxy) is 1. The van der Waals surface area contributed by atoms with Crippen molar-refractivity contribution in [3.63, 3.8) is 0 Å². The van der Waals surface area contributed by atoms with E-state index in [1.165, 1.54) is 0 Å². The summed E-state index contributed by atoms with van der Waals surface area (Å²) in [7, 11) is 0. The Hall–Kier alpha value is -3.35. The van der Waals surface area contributed by atoms with Gasteiger partial charge in [-0.2, -0.15) is 0 Å². The van der Waals surface area contributed by atoms with Crippen LogP contribution in [0, 0.1) is 0 Å². The van der Waals surface area contributed by atoms with Crippen LogP contribution in [0.2, 0.25) is 0 Å². The van der Waals surface area contributed by atoms with Crippen molar-refractivity contribution >= 4 is 17.9 Å². The van der Waals surface area contributed by atoms with Crippen molar-refractivity contribution in [2.45, 2.75) is 32.8 Å². The van der Waals surface area contributed by atoms with Crippen molar-refractivity contribution in [3.8, 4) is 11.1 Å². The number of carbonyl (C=O) groups is 3. The van der Waals surface area contributed by atoms with E-state index in [-0.39, 0.29) is 24.8 Å². The molecule has 1 aliphatic heterocycles. The summed E-state index contributed by atoms with van der Waals surface area (Å²) in [5.74, 6) is -0.0660. The van der Waals surface area contributed by atoms with Crippen molar-refractivity contribution in [2.75, 3.05) is 32.7 Å². The maximum atomic E-state index is 12.8. The standard InChI is InChI=1S/C25H31N3O4/c1-25(2,3)32-24(31)26-14-13-22(29)27-15-17-28(18-16-27)23(30)21-11-9-20(10-12-21)19-7-5-4-6-8-19/h4-12H,13-18H2,1-3H3,(H,26,31). The highest BCUT2D eigenvalue weighted by Gasteiger charge is 2.25. The first-order chi connectivity index (χ1) is 15.2. The molecule has 0 saturated carbocycles. The van der Waals surface area contributed by atoms with Gasteiger partial charge in [0.25, 0.3) is 5.91 Å². The Morgan fingerprint density at radius 1 is 0.844 bits per heavy atom. The highest BCUT2D eigenvalue weighted by Crippen LogP contribution is 2.20. The van der Waals surface area contributed by atoms with Crippen molar-refractivity contribution in [1.29, 1.82) is 0 Å². The normalized spacial score (nSPS) is 14.1. The van der Waals surface area contributed by atoms with E-state index in [0.717, 1.165) is 11.1 Å². The topological polar surface area (TPSA) is 79.0 Å². The first kappa shape index (κ1) is 23.3. The fourth-order valence-electron chi connectivity index (χ4n) is 3.52. The average Bonchev–Trinajstić information content (AvgIpc) is 2.78. The predicted molar refractivity (Wildman–Crippen MR) is 123 cm³/mol. The second-order valence-corrected chi connectivity index (χ2v) is 8.80. The first-order valence-electron chi connectivity index (χ1n) is 10.9. The lowest BCUT2D eigenvalue weighted by atomic mass is 10.0. The van der Waals surface area contributed by atoms with E-state index in [1.807, 2.05) is 54.6 Å². The molecule has 0 aliphatic carbocycles. The Bertz CT molecular complexity index is 928. The smallest absolute Gasteiger partial charge is 0.407 e. The third-order valence-electron chi connectivity index (χ3n) is 5.17. The van der Waals surface area contributed by atoms with Crippen LogP contribution in [-0.2, 0) is 9.53 Å². The second kappa shape index (κ2) is 10.3. The Morgan fingerprint density at radius 3 is 2.00 bits per heavy atom. The van der Waals surface area contributed by atoms with Crippen LogP contribution in [0.5, 0.6) is 0 Å². The summed E-state index contributed by atoms with van der Waals surface area (Å²) in [5.41, 5.74) is 2.25. The molecule has 170 valence electrons. The number of hydrogen-bond donors (Lipinski definition) is 1. The lowest BCUT2D eigenvalue weighted by molar-refractivity contribution is -0.132. The van der Waals surface area contributed by atoms with Crippen LogP contribution in [0.3, 0.4) is 0 Å². The average molecular weight is 438 g/mol. The van der Waals surface area contributed by atoms with E-state index < -0.39 is 11.7 Å². The number of carbonyl (C=O) groups excluding carboxylic acids is 3. The Morgan fingerprint density at radius 2 is 1.41 bits per heavy atom. The van der Waals surface area contributed by atoms with Crippen LogP contribution in [0.15, 0.2) is 54.6 Å². The molecule has 32 heavy (non-hydrogen) atoms. The molecule has 1 N–H and O–H groups in total. The van der Waals surface area contributed by atoms with Crippen LogP contribution in [0.4, 0.5) is 4.79 Å². The van der Waals surface area contributed by atoms with Gasteiger partial charge in [-0.3, -0.25) is 9.59 Å². The van der Waals surface area contributed by atoms with Gasteiger partial charge in [-0.05, 0) is 44.0 Å². The SMILES string of the molecule is CC(C)(C)OC(=O)NCCC(=O)N1CCN(C(=O)c2ccc(-c3ccccc3)cc2)CC1. The molecule has 0 aromatic heterocycles. The molecule has 0 unspecified atom stereocenters. The van der Waals surface area contributed by atoms with Crippen LogP contribution in [0.25, 0.3) is 11.1 Å². The third kappa shape index (κ3) is 6.57. The van der Waals surface area contributed by atoms with Gasteiger partial charge >= 0.3 is 6.09 Å². The molecule has 7 heteroatoms. The lowest BCUT2D eigenvalue weighted by Gasteiger charge is -2.35. The van der Waals surface area contributed by atoms with E-state index >= 15 is 0 Å². The molecule has 1 aliphatic rings. The van der Waals surface area contributed by atoms with Gasteiger partial charge in [0.1, 0.15) is 5.60 Å². The zero-order chi connectivity index (χ0) is 23.1. The number of nitrogens with zero attached hydrogens (tertiary/aromatic N) is 2. The van der Waals surface area contributed by atoms with Gasteiger partial charge in [-0.15, -0.1) is 0 Å². The van der Waals surface area contributed by atoms with E-state index in [1.54, 1.807) is 30.6 Å². The maximum absolute atomic E-state index is 12.8. The summed E-state index contributed by atoms with van der Waals surface area (Å²) in [5, 5.41) is 2.60. The molecule has 0 atom stereocenters. The molecule has 1 fully saturated rings. The molecular formula is C25H31N3O4. The van der Waals surface area contributed by atoms with Gasteiger partial charge in [-0.1, -0.05) is 42.5 Å². The van der Waals surface area contributed by atoms with E-state index in [0.29, 0.717) is 31.7 Å². The Balaban J connectivity index is 1.44. The van der Waals surface area contributed by atoms with Gasteiger partial charge in [-0.25, -0.2) is 4.79 Å². The fraction of sp³-hybridized carbons (Fsp3) is 0.400. The summed E-state index contributed by atoms with van der Waals surface area (Å²) in [6, 6.07) is 17.6. The highest BCUT2D eigenvalue weighted by atomic mass is 16.6. The minimum Gasteiger partial charge on any atom is -0.444 e. The molecule has 1 heterocycles. The van der Waals surface area contributed by atoms with Gasteiger partial charge < -0.3 is 19.9 Å². The highest BCUT2D eigenvalue weighted by molar-refractivity contribution is 5.95. The summed E-state index contributed by atoms with van der Waals surface area (Å²) >= 11 is 0. The molecular weight excluding hydrogens is 406 g/mol. The van der Waals surface area contributed by atoms with Crippen molar-refractivity contribution < 1.29 is 19.1 Å². The minimum atomic E-state index is -0.571. The third-order valence-corrected chi connectivity index (χ3v) is 5.17. The molecule has 0 spiro atoms. The molecule has 3 amide bonds. The van der Waals surface area contributed by atoms with E-state index in [9.17, 15) is 14.4 Å². The van der Waals surface area contributed by atoms with Crippen molar-refractivity contribution in [3.05, 3.63) is 60.2 Å². The number of benzene rings is 2. The Labute approximate surface area is 189 Å². The number of nitrogens with one attached hydrogen (secondary N) is 1. The number of rotatable bonds is 5. The number of piperazine rings is 1. The summed E-state index contributed by atoms with van der Waals surface area (Å²) in [6.45, 7) is 7.54. The van der Waals surface area contributed by atoms with Gasteiger partial charge in [0.15, 0.2) is 0 Å². The van der Waals surface area contributed by atoms with E-state index in [4.69, 9.17) is 4.74 Å². The van der Waals surface area contributed by atoms with Crippen molar-refractivity contribution in [1.82, 2.24) is 15.1 Å². The summed E-state index contributed by atoms with van der Waals surface area (Å²) in [6.07, 6.45) is -0.326. The number of amides is 3. The molecule has 2 aromatic carbocycles. The van der Waals surface area contributed by atoms with Crippen LogP contribution >= 0.6 is 0 Å². The number of alkyl carbamates (subject to hydrolysis) is 1. The summed E-state index contributed by atoms with van der Waals surface area (Å²) in [4.78, 5) is 40.4. The monoisotopic (exact) mass is 437 g/mol. The maximum Gasteiger partial charge on any atom is 0.407 e. The lowest BCUT2D eigenvalue weighted by Crippen LogP contribution is -2.51. The molecule has 3 rings (SSSR count). The minimum absolute atomic E-state index is 0.0247. The van der Waals surface area contributed by atoms with Crippen LogP contribution in [-0.4, -0.2) is 66.0 Å². The van der Waals surface area contributed by atoms with Gasteiger partial charge in [0, 0.05) is 44.7 Å². The van der Waals surface area contributed by atoms with Crippen LogP contribution in [0.1, 0.15) is 37.6 Å². The molecule has 7 nitrogen and oxygen atoms in total. The number of hydrogen-bond acceptors (Lipinski definition) is 4. The second-order valence-electron chi connectivity index (χ2n) is 8.80. The predicted octanol–water partition coefficient (Wildman–Crippen LogP) is 3.55.